The summed E-state index contributed by atoms with van der Waals surface area (Å²) < 4.78 is 0. The van der Waals surface area contributed by atoms with Crippen LogP contribution in [0.4, 0.5) is 5.69 Å². The summed E-state index contributed by atoms with van der Waals surface area (Å²) >= 11 is 0. The van der Waals surface area contributed by atoms with Crippen LogP contribution in [0.3, 0.4) is 0 Å². The lowest BCUT2D eigenvalue weighted by Crippen LogP contribution is -2.33. The van der Waals surface area contributed by atoms with E-state index in [9.17, 15) is 14.4 Å². The van der Waals surface area contributed by atoms with E-state index in [4.69, 9.17) is 5.73 Å². The number of fused-ring (bicyclic) bond motifs is 2. The van der Waals surface area contributed by atoms with Gasteiger partial charge in [0, 0.05) is 36.9 Å². The van der Waals surface area contributed by atoms with Crippen LogP contribution in [0, 0.1) is 11.8 Å². The highest BCUT2D eigenvalue weighted by molar-refractivity contribution is 5.97. The Kier molecular flexibility index (Phi) is 8.64. The van der Waals surface area contributed by atoms with Crippen LogP contribution in [-0.2, 0) is 20.9 Å². The van der Waals surface area contributed by atoms with E-state index in [1.807, 2.05) is 62.4 Å². The van der Waals surface area contributed by atoms with Crippen LogP contribution in [0.5, 0.6) is 0 Å². The molecule has 30 heavy (non-hydrogen) atoms. The highest BCUT2D eigenvalue weighted by atomic mass is 16.2. The Labute approximate surface area is 177 Å². The highest BCUT2D eigenvalue weighted by Gasteiger charge is 2.21. The second-order valence-electron chi connectivity index (χ2n) is 6.47. The first-order chi connectivity index (χ1) is 14.5. The first-order valence-corrected chi connectivity index (χ1v) is 10.1. The number of rotatable bonds is 6. The molecule has 0 aromatic heterocycles. The molecule has 1 heterocycles. The Hall–Kier alpha value is -3.59. The molecule has 0 spiro atoms. The number of primary amides is 1. The van der Waals surface area contributed by atoms with Gasteiger partial charge in [-0.25, -0.2) is 0 Å². The molecule has 1 aliphatic heterocycles. The Morgan fingerprint density at radius 1 is 0.933 bits per heavy atom. The van der Waals surface area contributed by atoms with E-state index in [0.717, 1.165) is 22.4 Å². The Morgan fingerprint density at radius 2 is 1.57 bits per heavy atom. The molecule has 3 rings (SSSR count). The molecule has 0 saturated carbocycles. The molecule has 0 aliphatic carbocycles. The molecule has 0 bridgehead atoms. The number of carbonyl (C=O) groups is 3. The zero-order valence-corrected chi connectivity index (χ0v) is 17.4. The van der Waals surface area contributed by atoms with Gasteiger partial charge in [-0.15, -0.1) is 0 Å². The fourth-order valence-corrected chi connectivity index (χ4v) is 2.98. The van der Waals surface area contributed by atoms with Crippen LogP contribution in [0.2, 0.25) is 0 Å². The summed E-state index contributed by atoms with van der Waals surface area (Å²) in [4.78, 5) is 37.3. The maximum Gasteiger partial charge on any atom is 0.227 e. The average molecular weight is 405 g/mol. The van der Waals surface area contributed by atoms with Crippen LogP contribution >= 0.6 is 0 Å². The Morgan fingerprint density at radius 3 is 2.30 bits per heavy atom. The maximum absolute atomic E-state index is 12.9. The molecule has 2 aromatic rings. The third kappa shape index (κ3) is 6.21. The number of carbonyl (C=O) groups excluding carboxylic acids is 3. The van der Waals surface area contributed by atoms with Gasteiger partial charge in [0.25, 0.3) is 0 Å². The van der Waals surface area contributed by atoms with Gasteiger partial charge in [-0.3, -0.25) is 14.4 Å². The van der Waals surface area contributed by atoms with Gasteiger partial charge in [-0.05, 0) is 23.8 Å². The number of hydrogen-bond acceptors (Lipinski definition) is 3. The minimum Gasteiger partial charge on any atom is -0.370 e. The quantitative estimate of drug-likeness (QED) is 0.724. The van der Waals surface area contributed by atoms with Crippen molar-refractivity contribution in [3.05, 3.63) is 65.2 Å². The molecule has 6 heteroatoms. The van der Waals surface area contributed by atoms with Gasteiger partial charge >= 0.3 is 0 Å². The second kappa shape index (κ2) is 11.4. The SMILES string of the molecule is CC.NC(=O)CCNC(=O)CCC(=O)N1Cc2ccccc2C#Cc2ccccc21. The van der Waals surface area contributed by atoms with Crippen LogP contribution in [-0.4, -0.2) is 24.3 Å². The fourth-order valence-electron chi connectivity index (χ4n) is 2.98. The summed E-state index contributed by atoms with van der Waals surface area (Å²) in [6, 6.07) is 15.2. The van der Waals surface area contributed by atoms with Gasteiger partial charge in [0.1, 0.15) is 0 Å². The third-order valence-electron chi connectivity index (χ3n) is 4.43. The summed E-state index contributed by atoms with van der Waals surface area (Å²) in [7, 11) is 0. The van der Waals surface area contributed by atoms with Gasteiger partial charge in [-0.2, -0.15) is 0 Å². The lowest BCUT2D eigenvalue weighted by atomic mass is 10.0. The molecule has 156 valence electrons. The van der Waals surface area contributed by atoms with E-state index in [-0.39, 0.29) is 37.6 Å². The van der Waals surface area contributed by atoms with E-state index < -0.39 is 5.91 Å². The van der Waals surface area contributed by atoms with Crippen molar-refractivity contribution < 1.29 is 14.4 Å². The maximum atomic E-state index is 12.9. The van der Waals surface area contributed by atoms with E-state index in [0.29, 0.717) is 6.54 Å². The monoisotopic (exact) mass is 405 g/mol. The number of nitrogens with two attached hydrogens (primary N) is 1. The Bertz CT molecular complexity index is 973. The zero-order chi connectivity index (χ0) is 21.9. The minimum atomic E-state index is -0.478. The third-order valence-corrected chi connectivity index (χ3v) is 4.43. The molecule has 0 radical (unpaired) electrons. The molecule has 3 amide bonds. The second-order valence-corrected chi connectivity index (χ2v) is 6.47. The predicted molar refractivity (Wildman–Crippen MR) is 117 cm³/mol. The molecule has 0 fully saturated rings. The zero-order valence-electron chi connectivity index (χ0n) is 17.4. The van der Waals surface area contributed by atoms with E-state index in [2.05, 4.69) is 17.2 Å². The highest BCUT2D eigenvalue weighted by Crippen LogP contribution is 2.26. The van der Waals surface area contributed by atoms with E-state index >= 15 is 0 Å². The molecule has 2 aromatic carbocycles. The lowest BCUT2D eigenvalue weighted by Gasteiger charge is -2.26. The molecule has 3 N–H and O–H groups in total. The summed E-state index contributed by atoms with van der Waals surface area (Å²) in [5.41, 5.74) is 8.41. The van der Waals surface area contributed by atoms with Crippen molar-refractivity contribution in [2.45, 2.75) is 39.7 Å². The number of hydrogen-bond donors (Lipinski definition) is 2. The summed E-state index contributed by atoms with van der Waals surface area (Å²) in [5.74, 6) is 5.40. The lowest BCUT2D eigenvalue weighted by molar-refractivity contribution is -0.125. The number of para-hydroxylation sites is 1. The summed E-state index contributed by atoms with van der Waals surface area (Å²) in [5, 5.41) is 2.60. The van der Waals surface area contributed by atoms with Crippen molar-refractivity contribution in [1.29, 1.82) is 0 Å². The molecular formula is C24H27N3O3. The molecule has 0 atom stereocenters. The molecule has 0 saturated heterocycles. The van der Waals surface area contributed by atoms with E-state index in [1.165, 1.54) is 0 Å². The van der Waals surface area contributed by atoms with E-state index in [1.54, 1.807) is 4.90 Å². The minimum absolute atomic E-state index is 0.0452. The molecule has 6 nitrogen and oxygen atoms in total. The average Bonchev–Trinajstić information content (AvgIpc) is 2.75. The first kappa shape index (κ1) is 22.7. The number of amides is 3. The predicted octanol–water partition coefficient (Wildman–Crippen LogP) is 2.73. The number of benzene rings is 2. The van der Waals surface area contributed by atoms with Crippen molar-refractivity contribution in [3.8, 4) is 11.8 Å². The standard InChI is InChI=1S/C22H21N3O3.C2H6/c23-20(26)13-14-24-21(27)11-12-22(28)25-15-18-7-2-1-5-16(18)9-10-17-6-3-4-8-19(17)25;1-2/h1-8H,11-15H2,(H2,23,26)(H,24,27);1-2H3. The number of nitrogens with zero attached hydrogens (tertiary/aromatic N) is 1. The molecular weight excluding hydrogens is 378 g/mol. The number of anilines is 1. The van der Waals surface area contributed by atoms with Crippen LogP contribution < -0.4 is 16.0 Å². The molecule has 0 unspecified atom stereocenters. The van der Waals surface area contributed by atoms with Gasteiger partial charge in [0.15, 0.2) is 0 Å². The smallest absolute Gasteiger partial charge is 0.227 e. The summed E-state index contributed by atoms with van der Waals surface area (Å²) in [6.07, 6.45) is 0.185. The van der Waals surface area contributed by atoms with Crippen molar-refractivity contribution >= 4 is 23.4 Å². The van der Waals surface area contributed by atoms with Gasteiger partial charge < -0.3 is 16.0 Å². The van der Waals surface area contributed by atoms with Gasteiger partial charge in [0.2, 0.25) is 17.7 Å². The fraction of sp³-hybridized carbons (Fsp3) is 0.292. The van der Waals surface area contributed by atoms with Gasteiger partial charge in [-0.1, -0.05) is 56.0 Å². The van der Waals surface area contributed by atoms with Crippen LogP contribution in [0.1, 0.15) is 49.8 Å². The topological polar surface area (TPSA) is 92.5 Å². The Balaban J connectivity index is 0.00000155. The van der Waals surface area contributed by atoms with Crippen molar-refractivity contribution in [2.24, 2.45) is 5.73 Å². The van der Waals surface area contributed by atoms with Gasteiger partial charge in [0.05, 0.1) is 12.2 Å². The first-order valence-electron chi connectivity index (χ1n) is 10.1. The molecule has 1 aliphatic rings. The number of nitrogens with one attached hydrogen (secondary N) is 1. The summed E-state index contributed by atoms with van der Waals surface area (Å²) in [6.45, 7) is 4.57. The van der Waals surface area contributed by atoms with Crippen molar-refractivity contribution in [3.63, 3.8) is 0 Å². The van der Waals surface area contributed by atoms with Crippen molar-refractivity contribution in [2.75, 3.05) is 11.4 Å². The van der Waals surface area contributed by atoms with Crippen molar-refractivity contribution in [1.82, 2.24) is 5.32 Å². The van der Waals surface area contributed by atoms with Crippen LogP contribution in [0.15, 0.2) is 48.5 Å². The largest absolute Gasteiger partial charge is 0.370 e. The normalized spacial score (nSPS) is 11.2. The van der Waals surface area contributed by atoms with Crippen LogP contribution in [0.25, 0.3) is 0 Å².